The Balaban J connectivity index is 1.74. The summed E-state index contributed by atoms with van der Waals surface area (Å²) in [6, 6.07) is 8.83. The van der Waals surface area contributed by atoms with Gasteiger partial charge in [-0.15, -0.1) is 0 Å². The fourth-order valence-corrected chi connectivity index (χ4v) is 3.49. The molecule has 1 N–H and O–H groups in total. The number of amides is 1. The number of nitrogens with zero attached hydrogens (tertiary/aromatic N) is 4. The van der Waals surface area contributed by atoms with Gasteiger partial charge in [-0.25, -0.2) is 13.6 Å². The highest BCUT2D eigenvalue weighted by Gasteiger charge is 2.19. The number of halogens is 3. The van der Waals surface area contributed by atoms with E-state index in [1.54, 1.807) is 7.05 Å². The monoisotopic (exact) mass is 459 g/mol. The van der Waals surface area contributed by atoms with E-state index in [4.69, 9.17) is 11.6 Å². The predicted octanol–water partition coefficient (Wildman–Crippen LogP) is 2.52. The van der Waals surface area contributed by atoms with Crippen LogP contribution >= 0.6 is 11.6 Å². The summed E-state index contributed by atoms with van der Waals surface area (Å²) in [5.41, 5.74) is -0.489. The number of hydrogen-bond acceptors (Lipinski definition) is 4. The summed E-state index contributed by atoms with van der Waals surface area (Å²) in [5, 5.41) is 6.63. The van der Waals surface area contributed by atoms with Crippen LogP contribution in [-0.2, 0) is 24.9 Å². The number of benzene rings is 2. The van der Waals surface area contributed by atoms with Crippen molar-refractivity contribution in [3.8, 4) is 0 Å². The molecule has 0 aliphatic heterocycles. The lowest BCUT2D eigenvalue weighted by Gasteiger charge is -2.12. The number of carbonyl (C=O) groups is 1. The molecule has 2 aromatic carbocycles. The molecule has 32 heavy (non-hydrogen) atoms. The van der Waals surface area contributed by atoms with Gasteiger partial charge in [0.05, 0.1) is 22.8 Å². The molecule has 0 saturated heterocycles. The first-order valence-electron chi connectivity index (χ1n) is 9.39. The van der Waals surface area contributed by atoms with E-state index in [-0.39, 0.29) is 28.3 Å². The summed E-state index contributed by atoms with van der Waals surface area (Å²) in [7, 11) is 1.58. The van der Waals surface area contributed by atoms with Crippen molar-refractivity contribution in [3.63, 3.8) is 0 Å². The van der Waals surface area contributed by atoms with E-state index in [2.05, 4.69) is 10.4 Å². The molecule has 0 spiro atoms. The van der Waals surface area contributed by atoms with Gasteiger partial charge in [-0.3, -0.25) is 23.4 Å². The number of aromatic nitrogens is 4. The van der Waals surface area contributed by atoms with Crippen LogP contribution in [0, 0.1) is 11.6 Å². The molecule has 0 radical (unpaired) electrons. The maximum atomic E-state index is 13.2. The summed E-state index contributed by atoms with van der Waals surface area (Å²) in [4.78, 5) is 38.7. The first-order valence-corrected chi connectivity index (χ1v) is 9.77. The highest BCUT2D eigenvalue weighted by atomic mass is 35.5. The zero-order chi connectivity index (χ0) is 23.0. The molecular formula is C21H16ClF2N5O3. The van der Waals surface area contributed by atoms with Crippen molar-refractivity contribution in [1.82, 2.24) is 18.9 Å². The SMILES string of the molecule is Cn1cc2c(n1)c(=O)n(Cc1ccc(F)cc1)c(=O)n2CC(=O)Nc1ccc(F)cc1Cl. The van der Waals surface area contributed by atoms with Crippen LogP contribution in [0.4, 0.5) is 14.5 Å². The summed E-state index contributed by atoms with van der Waals surface area (Å²) in [6.07, 6.45) is 1.46. The summed E-state index contributed by atoms with van der Waals surface area (Å²) < 4.78 is 29.9. The fourth-order valence-electron chi connectivity index (χ4n) is 3.28. The van der Waals surface area contributed by atoms with Crippen LogP contribution in [0.1, 0.15) is 5.56 Å². The molecule has 4 aromatic rings. The first kappa shape index (κ1) is 21.4. The van der Waals surface area contributed by atoms with E-state index in [9.17, 15) is 23.2 Å². The number of rotatable bonds is 5. The van der Waals surface area contributed by atoms with Gasteiger partial charge in [-0.1, -0.05) is 23.7 Å². The zero-order valence-electron chi connectivity index (χ0n) is 16.7. The third-order valence-corrected chi connectivity index (χ3v) is 5.08. The second-order valence-electron chi connectivity index (χ2n) is 7.10. The van der Waals surface area contributed by atoms with Crippen LogP contribution in [0.5, 0.6) is 0 Å². The Bertz CT molecular complexity index is 1460. The second-order valence-corrected chi connectivity index (χ2v) is 7.50. The molecule has 8 nitrogen and oxygen atoms in total. The first-order chi connectivity index (χ1) is 15.2. The van der Waals surface area contributed by atoms with Crippen molar-refractivity contribution >= 4 is 34.2 Å². The molecule has 2 heterocycles. The Kier molecular flexibility index (Phi) is 5.62. The maximum Gasteiger partial charge on any atom is 0.332 e. The van der Waals surface area contributed by atoms with Crippen molar-refractivity contribution < 1.29 is 13.6 Å². The van der Waals surface area contributed by atoms with Crippen LogP contribution in [0.15, 0.2) is 58.3 Å². The lowest BCUT2D eigenvalue weighted by Crippen LogP contribution is -2.41. The summed E-state index contributed by atoms with van der Waals surface area (Å²) in [6.45, 7) is -0.575. The third-order valence-electron chi connectivity index (χ3n) is 4.77. The molecule has 164 valence electrons. The maximum absolute atomic E-state index is 13.2. The largest absolute Gasteiger partial charge is 0.332 e. The van der Waals surface area contributed by atoms with Gasteiger partial charge in [0.25, 0.3) is 5.56 Å². The van der Waals surface area contributed by atoms with E-state index >= 15 is 0 Å². The Morgan fingerprint density at radius 1 is 1.06 bits per heavy atom. The van der Waals surface area contributed by atoms with Gasteiger partial charge in [-0.2, -0.15) is 5.10 Å². The van der Waals surface area contributed by atoms with E-state index in [1.165, 1.54) is 41.2 Å². The van der Waals surface area contributed by atoms with E-state index in [0.717, 1.165) is 21.3 Å². The van der Waals surface area contributed by atoms with Crippen LogP contribution in [-0.4, -0.2) is 24.8 Å². The fraction of sp³-hybridized carbons (Fsp3) is 0.143. The molecular weight excluding hydrogens is 444 g/mol. The number of carbonyl (C=O) groups excluding carboxylic acids is 1. The normalized spacial score (nSPS) is 11.1. The molecule has 0 unspecified atom stereocenters. The molecule has 11 heteroatoms. The minimum absolute atomic E-state index is 0.00139. The predicted molar refractivity (Wildman–Crippen MR) is 115 cm³/mol. The van der Waals surface area contributed by atoms with Gasteiger partial charge in [0.1, 0.15) is 18.2 Å². The molecule has 0 atom stereocenters. The van der Waals surface area contributed by atoms with Crippen LogP contribution in [0.25, 0.3) is 11.0 Å². The number of nitrogens with one attached hydrogen (secondary N) is 1. The molecule has 2 aromatic heterocycles. The summed E-state index contributed by atoms with van der Waals surface area (Å²) >= 11 is 5.94. The van der Waals surface area contributed by atoms with E-state index in [1.807, 2.05) is 0 Å². The number of hydrogen-bond donors (Lipinski definition) is 1. The standard InChI is InChI=1S/C21H16ClF2N5O3/c1-27-10-17-19(26-27)20(31)29(9-12-2-4-13(23)5-3-12)21(32)28(17)11-18(30)25-16-7-6-14(24)8-15(16)22/h2-8,10H,9,11H2,1H3,(H,25,30). The highest BCUT2D eigenvalue weighted by Crippen LogP contribution is 2.22. The molecule has 4 rings (SSSR count). The van der Waals surface area contributed by atoms with Crippen molar-refractivity contribution in [2.75, 3.05) is 5.32 Å². The molecule has 0 aliphatic carbocycles. The smallest absolute Gasteiger partial charge is 0.323 e. The third kappa shape index (κ3) is 4.17. The van der Waals surface area contributed by atoms with Gasteiger partial charge in [-0.05, 0) is 35.9 Å². The quantitative estimate of drug-likeness (QED) is 0.496. The Morgan fingerprint density at radius 3 is 2.44 bits per heavy atom. The number of aryl methyl sites for hydroxylation is 1. The molecule has 1 amide bonds. The number of anilines is 1. The average molecular weight is 460 g/mol. The lowest BCUT2D eigenvalue weighted by molar-refractivity contribution is -0.116. The lowest BCUT2D eigenvalue weighted by atomic mass is 10.2. The average Bonchev–Trinajstić information content (AvgIpc) is 3.14. The Morgan fingerprint density at radius 2 is 1.75 bits per heavy atom. The molecule has 0 fully saturated rings. The van der Waals surface area contributed by atoms with Crippen LogP contribution in [0.3, 0.4) is 0 Å². The second kappa shape index (κ2) is 8.39. The Hall–Kier alpha value is -3.79. The van der Waals surface area contributed by atoms with Crippen molar-refractivity contribution in [1.29, 1.82) is 0 Å². The minimum atomic E-state index is -0.736. The van der Waals surface area contributed by atoms with Gasteiger partial charge < -0.3 is 5.32 Å². The Labute approximate surface area is 184 Å². The molecule has 0 aliphatic rings. The minimum Gasteiger partial charge on any atom is -0.323 e. The van der Waals surface area contributed by atoms with Crippen molar-refractivity contribution in [2.45, 2.75) is 13.1 Å². The zero-order valence-corrected chi connectivity index (χ0v) is 17.4. The van der Waals surface area contributed by atoms with Crippen molar-refractivity contribution in [3.05, 3.63) is 91.7 Å². The van der Waals surface area contributed by atoms with Gasteiger partial charge in [0, 0.05) is 13.2 Å². The van der Waals surface area contributed by atoms with Crippen LogP contribution < -0.4 is 16.6 Å². The van der Waals surface area contributed by atoms with Crippen molar-refractivity contribution in [2.24, 2.45) is 7.05 Å². The molecule has 0 bridgehead atoms. The van der Waals surface area contributed by atoms with Gasteiger partial charge in [0.15, 0.2) is 5.52 Å². The topological polar surface area (TPSA) is 90.9 Å². The van der Waals surface area contributed by atoms with E-state index in [0.29, 0.717) is 5.56 Å². The van der Waals surface area contributed by atoms with Crippen LogP contribution in [0.2, 0.25) is 5.02 Å². The van der Waals surface area contributed by atoms with E-state index < -0.39 is 35.3 Å². The highest BCUT2D eigenvalue weighted by molar-refractivity contribution is 6.33. The van der Waals surface area contributed by atoms with Gasteiger partial charge >= 0.3 is 5.69 Å². The summed E-state index contributed by atoms with van der Waals surface area (Å²) in [5.74, 6) is -1.62. The molecule has 0 saturated carbocycles. The number of fused-ring (bicyclic) bond motifs is 1. The van der Waals surface area contributed by atoms with Gasteiger partial charge in [0.2, 0.25) is 5.91 Å².